The Morgan fingerprint density at radius 2 is 1.58 bits per heavy atom. The van der Waals surface area contributed by atoms with Gasteiger partial charge >= 0.3 is 6.18 Å². The van der Waals surface area contributed by atoms with Crippen LogP contribution in [0.1, 0.15) is 16.8 Å². The van der Waals surface area contributed by atoms with E-state index >= 15 is 0 Å². The van der Waals surface area contributed by atoms with Crippen LogP contribution in [0.3, 0.4) is 0 Å². The molecule has 162 valence electrons. The van der Waals surface area contributed by atoms with Gasteiger partial charge in [-0.3, -0.25) is 9.88 Å². The van der Waals surface area contributed by atoms with Gasteiger partial charge in [-0.2, -0.15) is 13.2 Å². The summed E-state index contributed by atoms with van der Waals surface area (Å²) in [4.78, 5) is 17.7. The van der Waals surface area contributed by atoms with Crippen LogP contribution in [0.4, 0.5) is 19.1 Å². The lowest BCUT2D eigenvalue weighted by Crippen LogP contribution is -2.46. The van der Waals surface area contributed by atoms with Gasteiger partial charge in [0.1, 0.15) is 0 Å². The van der Waals surface area contributed by atoms with Crippen molar-refractivity contribution in [1.82, 2.24) is 19.9 Å². The van der Waals surface area contributed by atoms with Crippen molar-refractivity contribution in [2.45, 2.75) is 19.3 Å². The van der Waals surface area contributed by atoms with Crippen molar-refractivity contribution in [3.8, 4) is 11.3 Å². The highest BCUT2D eigenvalue weighted by Gasteiger charge is 2.30. The van der Waals surface area contributed by atoms with E-state index in [1.165, 1.54) is 17.7 Å². The van der Waals surface area contributed by atoms with E-state index in [0.29, 0.717) is 22.9 Å². The van der Waals surface area contributed by atoms with Crippen LogP contribution in [0.5, 0.6) is 0 Å². The molecule has 2 aromatic heterocycles. The zero-order valence-corrected chi connectivity index (χ0v) is 16.9. The third-order valence-corrected chi connectivity index (χ3v) is 5.30. The summed E-state index contributed by atoms with van der Waals surface area (Å²) in [5.74, 6) is 0.557. The summed E-state index contributed by atoms with van der Waals surface area (Å²) in [6, 6.07) is 10.7. The Labute approximate surface area is 178 Å². The summed E-state index contributed by atoms with van der Waals surface area (Å²) < 4.78 is 38.6. The van der Waals surface area contributed by atoms with E-state index in [2.05, 4.69) is 24.8 Å². The van der Waals surface area contributed by atoms with Gasteiger partial charge in [0.05, 0.1) is 17.0 Å². The zero-order valence-electron chi connectivity index (χ0n) is 16.9. The molecule has 0 saturated carbocycles. The van der Waals surface area contributed by atoms with E-state index in [0.717, 1.165) is 44.9 Å². The maximum atomic E-state index is 12.9. The largest absolute Gasteiger partial charge is 0.416 e. The Hall–Kier alpha value is -3.04. The first kappa shape index (κ1) is 21.2. The fourth-order valence-electron chi connectivity index (χ4n) is 3.56. The predicted octanol–water partition coefficient (Wildman–Crippen LogP) is 3.34. The van der Waals surface area contributed by atoms with Gasteiger partial charge in [0.2, 0.25) is 5.95 Å². The van der Waals surface area contributed by atoms with Crippen molar-refractivity contribution in [2.24, 2.45) is 5.73 Å². The number of nitrogens with two attached hydrogens (primary N) is 1. The van der Waals surface area contributed by atoms with E-state index in [4.69, 9.17) is 5.73 Å². The van der Waals surface area contributed by atoms with Gasteiger partial charge < -0.3 is 10.6 Å². The second-order valence-electron chi connectivity index (χ2n) is 7.44. The monoisotopic (exact) mass is 428 g/mol. The number of alkyl halides is 3. The van der Waals surface area contributed by atoms with Crippen molar-refractivity contribution < 1.29 is 13.2 Å². The third kappa shape index (κ3) is 5.18. The van der Waals surface area contributed by atoms with Gasteiger partial charge in [-0.15, -0.1) is 0 Å². The number of aromatic nitrogens is 3. The van der Waals surface area contributed by atoms with Crippen LogP contribution in [-0.2, 0) is 19.3 Å². The number of benzene rings is 1. The summed E-state index contributed by atoms with van der Waals surface area (Å²) in [6.07, 6.45) is -0.783. The van der Waals surface area contributed by atoms with Crippen LogP contribution < -0.4 is 10.6 Å². The molecule has 1 aliphatic rings. The molecule has 31 heavy (non-hydrogen) atoms. The van der Waals surface area contributed by atoms with Crippen LogP contribution >= 0.6 is 0 Å². The quantitative estimate of drug-likeness (QED) is 0.672. The summed E-state index contributed by atoms with van der Waals surface area (Å²) in [5.41, 5.74) is 8.16. The molecule has 9 heteroatoms. The van der Waals surface area contributed by atoms with Crippen LogP contribution in [0, 0.1) is 0 Å². The van der Waals surface area contributed by atoms with Crippen molar-refractivity contribution in [1.29, 1.82) is 0 Å². The van der Waals surface area contributed by atoms with Crippen molar-refractivity contribution in [2.75, 3.05) is 31.1 Å². The normalized spacial score (nSPS) is 15.3. The second-order valence-corrected chi connectivity index (χ2v) is 7.44. The standard InChI is InChI=1S/C22H23F3N6/c23-22(24,25)18-3-1-17(2-4-18)20-13-19(14-26)28-21(29-20)31-11-9-30(10-12-31)15-16-5-7-27-8-6-16/h1-8,13H,9-12,14-15,26H2. The molecule has 1 aliphatic heterocycles. The molecular weight excluding hydrogens is 405 g/mol. The summed E-state index contributed by atoms with van der Waals surface area (Å²) in [7, 11) is 0. The SMILES string of the molecule is NCc1cc(-c2ccc(C(F)(F)F)cc2)nc(N2CCN(Cc3ccncc3)CC2)n1. The topological polar surface area (TPSA) is 71.2 Å². The van der Waals surface area contributed by atoms with E-state index in [1.807, 2.05) is 12.1 Å². The number of pyridine rings is 1. The molecule has 1 saturated heterocycles. The summed E-state index contributed by atoms with van der Waals surface area (Å²) in [6.45, 7) is 4.31. The number of halogens is 3. The Bertz CT molecular complexity index is 1000. The lowest BCUT2D eigenvalue weighted by molar-refractivity contribution is -0.137. The Morgan fingerprint density at radius 3 is 2.19 bits per heavy atom. The molecule has 1 aromatic carbocycles. The van der Waals surface area contributed by atoms with Gasteiger partial charge in [0, 0.05) is 57.2 Å². The predicted molar refractivity (Wildman–Crippen MR) is 112 cm³/mol. The molecule has 6 nitrogen and oxygen atoms in total. The number of nitrogens with zero attached hydrogens (tertiary/aromatic N) is 5. The first-order valence-electron chi connectivity index (χ1n) is 10.0. The fraction of sp³-hybridized carbons (Fsp3) is 0.318. The van der Waals surface area contributed by atoms with Gasteiger partial charge in [0.25, 0.3) is 0 Å². The first-order valence-corrected chi connectivity index (χ1v) is 10.0. The molecule has 0 unspecified atom stereocenters. The minimum Gasteiger partial charge on any atom is -0.338 e. The highest BCUT2D eigenvalue weighted by molar-refractivity contribution is 5.61. The van der Waals surface area contributed by atoms with E-state index < -0.39 is 11.7 Å². The average molecular weight is 428 g/mol. The Morgan fingerprint density at radius 1 is 0.903 bits per heavy atom. The Kier molecular flexibility index (Phi) is 6.15. The highest BCUT2D eigenvalue weighted by atomic mass is 19.4. The number of rotatable bonds is 5. The third-order valence-electron chi connectivity index (χ3n) is 5.30. The minimum atomic E-state index is -4.37. The number of anilines is 1. The maximum absolute atomic E-state index is 12.9. The van der Waals surface area contributed by atoms with Gasteiger partial charge in [-0.05, 0) is 35.9 Å². The molecule has 0 aliphatic carbocycles. The van der Waals surface area contributed by atoms with Crippen molar-refractivity contribution in [3.63, 3.8) is 0 Å². The molecule has 0 amide bonds. The van der Waals surface area contributed by atoms with E-state index in [-0.39, 0.29) is 6.54 Å². The molecule has 2 N–H and O–H groups in total. The molecule has 0 atom stereocenters. The molecular formula is C22H23F3N6. The molecule has 0 spiro atoms. The minimum absolute atomic E-state index is 0.227. The van der Waals surface area contributed by atoms with Crippen molar-refractivity contribution in [3.05, 3.63) is 71.7 Å². The second kappa shape index (κ2) is 8.99. The molecule has 0 radical (unpaired) electrons. The van der Waals surface area contributed by atoms with Crippen molar-refractivity contribution >= 4 is 5.95 Å². The number of hydrogen-bond donors (Lipinski definition) is 1. The lowest BCUT2D eigenvalue weighted by Gasteiger charge is -2.35. The highest BCUT2D eigenvalue weighted by Crippen LogP contribution is 2.31. The van der Waals surface area contributed by atoms with Crippen LogP contribution in [0.15, 0.2) is 54.9 Å². The average Bonchev–Trinajstić information content (AvgIpc) is 2.79. The van der Waals surface area contributed by atoms with Crippen LogP contribution in [0.2, 0.25) is 0 Å². The summed E-state index contributed by atoms with van der Waals surface area (Å²) >= 11 is 0. The fourth-order valence-corrected chi connectivity index (χ4v) is 3.56. The maximum Gasteiger partial charge on any atom is 0.416 e. The molecule has 3 heterocycles. The zero-order chi connectivity index (χ0) is 21.8. The Balaban J connectivity index is 1.49. The molecule has 0 bridgehead atoms. The van der Waals surface area contributed by atoms with Gasteiger partial charge in [0.15, 0.2) is 0 Å². The molecule has 3 aromatic rings. The smallest absolute Gasteiger partial charge is 0.338 e. The van der Waals surface area contributed by atoms with Crippen LogP contribution in [-0.4, -0.2) is 46.0 Å². The molecule has 4 rings (SSSR count). The first-order chi connectivity index (χ1) is 14.9. The lowest BCUT2D eigenvalue weighted by atomic mass is 10.1. The molecule has 1 fully saturated rings. The summed E-state index contributed by atoms with van der Waals surface area (Å²) in [5, 5.41) is 0. The number of piperazine rings is 1. The number of hydrogen-bond acceptors (Lipinski definition) is 6. The van der Waals surface area contributed by atoms with E-state index in [9.17, 15) is 13.2 Å². The van der Waals surface area contributed by atoms with Crippen LogP contribution in [0.25, 0.3) is 11.3 Å². The van der Waals surface area contributed by atoms with Gasteiger partial charge in [-0.1, -0.05) is 12.1 Å². The van der Waals surface area contributed by atoms with Gasteiger partial charge in [-0.25, -0.2) is 9.97 Å². The van der Waals surface area contributed by atoms with E-state index in [1.54, 1.807) is 18.5 Å².